The summed E-state index contributed by atoms with van der Waals surface area (Å²) in [5, 5.41) is 0.982. The average Bonchev–Trinajstić information content (AvgIpc) is 2.44. The van der Waals surface area contributed by atoms with Gasteiger partial charge in [-0.25, -0.2) is 4.79 Å². The van der Waals surface area contributed by atoms with Gasteiger partial charge in [0.2, 0.25) is 0 Å². The third kappa shape index (κ3) is 4.45. The fourth-order valence-electron chi connectivity index (χ4n) is 2.46. The van der Waals surface area contributed by atoms with Gasteiger partial charge in [-0.05, 0) is 76.3 Å². The number of fused-ring (bicyclic) bond motifs is 1. The largest absolute Gasteiger partial charge is 0.423 e. The number of hydrogen-bond acceptors (Lipinski definition) is 2. The fraction of sp³-hybridized carbons (Fsp3) is 0.350. The van der Waals surface area contributed by atoms with E-state index in [0.717, 1.165) is 30.2 Å². The standard InChI is InChI=1S/C20H24O2/c1-14(2)6-5-7-15(3)8-9-17-13-18-10-11-20(21)22-19(18)12-16(17)4/h6,8,10-13H,5,7,9H2,1-4H3/b15-8+. The molecule has 0 aliphatic rings. The van der Waals surface area contributed by atoms with Crippen LogP contribution in [0, 0.1) is 6.92 Å². The predicted octanol–water partition coefficient (Wildman–Crippen LogP) is 5.34. The number of benzene rings is 1. The Morgan fingerprint density at radius 2 is 1.91 bits per heavy atom. The molecule has 2 rings (SSSR count). The normalized spacial score (nSPS) is 11.7. The van der Waals surface area contributed by atoms with Crippen LogP contribution >= 0.6 is 0 Å². The minimum atomic E-state index is -0.297. The Balaban J connectivity index is 2.14. The molecule has 0 unspecified atom stereocenters. The van der Waals surface area contributed by atoms with Crippen molar-refractivity contribution in [2.75, 3.05) is 0 Å². The summed E-state index contributed by atoms with van der Waals surface area (Å²) in [5.41, 5.74) is 5.60. The van der Waals surface area contributed by atoms with Crippen molar-refractivity contribution in [1.29, 1.82) is 0 Å². The molecule has 0 atom stereocenters. The first kappa shape index (κ1) is 16.3. The van der Waals surface area contributed by atoms with Crippen LogP contribution in [0.4, 0.5) is 0 Å². The summed E-state index contributed by atoms with van der Waals surface area (Å²) in [6.07, 6.45) is 7.70. The highest BCUT2D eigenvalue weighted by Crippen LogP contribution is 2.20. The molecular formula is C20H24O2. The van der Waals surface area contributed by atoms with Crippen molar-refractivity contribution < 1.29 is 4.42 Å². The predicted molar refractivity (Wildman–Crippen MR) is 93.3 cm³/mol. The lowest BCUT2D eigenvalue weighted by molar-refractivity contribution is 0.560. The van der Waals surface area contributed by atoms with Gasteiger partial charge in [-0.2, -0.15) is 0 Å². The molecule has 0 aliphatic carbocycles. The van der Waals surface area contributed by atoms with Gasteiger partial charge >= 0.3 is 5.63 Å². The van der Waals surface area contributed by atoms with E-state index < -0.39 is 0 Å². The topological polar surface area (TPSA) is 30.2 Å². The van der Waals surface area contributed by atoms with Gasteiger partial charge in [-0.15, -0.1) is 0 Å². The number of aryl methyl sites for hydroxylation is 1. The van der Waals surface area contributed by atoms with Crippen LogP contribution in [0.15, 0.2) is 56.8 Å². The molecule has 2 heteroatoms. The molecule has 0 radical (unpaired) electrons. The molecule has 0 saturated heterocycles. The first-order valence-corrected chi connectivity index (χ1v) is 7.78. The quantitative estimate of drug-likeness (QED) is 0.551. The maximum absolute atomic E-state index is 11.3. The van der Waals surface area contributed by atoms with Crippen molar-refractivity contribution in [2.24, 2.45) is 0 Å². The van der Waals surface area contributed by atoms with Crippen LogP contribution < -0.4 is 5.63 Å². The molecule has 1 aromatic carbocycles. The molecule has 0 bridgehead atoms. The van der Waals surface area contributed by atoms with E-state index in [9.17, 15) is 4.79 Å². The Kier molecular flexibility index (Phi) is 5.37. The highest BCUT2D eigenvalue weighted by molar-refractivity contribution is 5.78. The first-order chi connectivity index (χ1) is 10.5. The van der Waals surface area contributed by atoms with E-state index in [2.05, 4.69) is 45.9 Å². The zero-order chi connectivity index (χ0) is 16.1. The molecule has 1 heterocycles. The van der Waals surface area contributed by atoms with Crippen LogP contribution in [-0.4, -0.2) is 0 Å². The summed E-state index contributed by atoms with van der Waals surface area (Å²) in [6, 6.07) is 7.38. The van der Waals surface area contributed by atoms with Crippen molar-refractivity contribution in [1.82, 2.24) is 0 Å². The second kappa shape index (κ2) is 7.26. The smallest absolute Gasteiger partial charge is 0.336 e. The number of allylic oxidation sites excluding steroid dienone is 4. The fourth-order valence-corrected chi connectivity index (χ4v) is 2.46. The van der Waals surface area contributed by atoms with E-state index in [-0.39, 0.29) is 5.63 Å². The summed E-state index contributed by atoms with van der Waals surface area (Å²) in [5.74, 6) is 0. The average molecular weight is 296 g/mol. The SMILES string of the molecule is CC(C)=CCC/C(C)=C/Cc1cc2ccc(=O)oc2cc1C. The van der Waals surface area contributed by atoms with Crippen molar-refractivity contribution in [3.05, 3.63) is 69.1 Å². The Bertz CT molecular complexity index is 772. The van der Waals surface area contributed by atoms with E-state index in [1.54, 1.807) is 0 Å². The second-order valence-electron chi connectivity index (χ2n) is 6.15. The molecule has 0 aliphatic heterocycles. The molecule has 0 N–H and O–H groups in total. The lowest BCUT2D eigenvalue weighted by Gasteiger charge is -2.06. The Morgan fingerprint density at radius 3 is 2.64 bits per heavy atom. The summed E-state index contributed by atoms with van der Waals surface area (Å²) in [6.45, 7) is 8.52. The van der Waals surface area contributed by atoms with Crippen LogP contribution in [-0.2, 0) is 6.42 Å². The zero-order valence-corrected chi connectivity index (χ0v) is 13.9. The second-order valence-corrected chi connectivity index (χ2v) is 6.15. The van der Waals surface area contributed by atoms with E-state index in [0.29, 0.717) is 5.58 Å². The van der Waals surface area contributed by atoms with Crippen LogP contribution in [0.2, 0.25) is 0 Å². The van der Waals surface area contributed by atoms with Gasteiger partial charge in [0.25, 0.3) is 0 Å². The lowest BCUT2D eigenvalue weighted by Crippen LogP contribution is -1.96. The first-order valence-electron chi connectivity index (χ1n) is 7.78. The third-order valence-electron chi connectivity index (χ3n) is 3.84. The molecule has 0 saturated carbocycles. The van der Waals surface area contributed by atoms with Gasteiger partial charge in [0, 0.05) is 11.5 Å². The minimum absolute atomic E-state index is 0.297. The molecular weight excluding hydrogens is 272 g/mol. The summed E-state index contributed by atoms with van der Waals surface area (Å²) in [7, 11) is 0. The van der Waals surface area contributed by atoms with Gasteiger partial charge in [0.15, 0.2) is 0 Å². The van der Waals surface area contributed by atoms with Gasteiger partial charge < -0.3 is 4.42 Å². The van der Waals surface area contributed by atoms with E-state index >= 15 is 0 Å². The highest BCUT2D eigenvalue weighted by Gasteiger charge is 2.03. The maximum Gasteiger partial charge on any atom is 0.336 e. The summed E-state index contributed by atoms with van der Waals surface area (Å²) < 4.78 is 5.22. The van der Waals surface area contributed by atoms with Crippen LogP contribution in [0.5, 0.6) is 0 Å². The van der Waals surface area contributed by atoms with Crippen LogP contribution in [0.1, 0.15) is 44.7 Å². The highest BCUT2D eigenvalue weighted by atomic mass is 16.4. The van der Waals surface area contributed by atoms with E-state index in [4.69, 9.17) is 4.42 Å². The van der Waals surface area contributed by atoms with E-state index in [1.165, 1.54) is 22.8 Å². The van der Waals surface area contributed by atoms with Gasteiger partial charge in [0.05, 0.1) is 0 Å². The molecule has 0 fully saturated rings. The minimum Gasteiger partial charge on any atom is -0.423 e. The maximum atomic E-state index is 11.3. The Morgan fingerprint density at radius 1 is 1.14 bits per heavy atom. The number of rotatable bonds is 5. The molecule has 2 aromatic rings. The van der Waals surface area contributed by atoms with Crippen molar-refractivity contribution in [3.63, 3.8) is 0 Å². The molecule has 22 heavy (non-hydrogen) atoms. The lowest BCUT2D eigenvalue weighted by atomic mass is 10.0. The van der Waals surface area contributed by atoms with Crippen LogP contribution in [0.3, 0.4) is 0 Å². The van der Waals surface area contributed by atoms with Crippen LogP contribution in [0.25, 0.3) is 11.0 Å². The zero-order valence-electron chi connectivity index (χ0n) is 13.9. The molecule has 116 valence electrons. The van der Waals surface area contributed by atoms with E-state index in [1.807, 2.05) is 12.1 Å². The van der Waals surface area contributed by atoms with Crippen molar-refractivity contribution >= 4 is 11.0 Å². The molecule has 2 nitrogen and oxygen atoms in total. The van der Waals surface area contributed by atoms with Gasteiger partial charge in [-0.3, -0.25) is 0 Å². The molecule has 0 spiro atoms. The summed E-state index contributed by atoms with van der Waals surface area (Å²) in [4.78, 5) is 11.3. The van der Waals surface area contributed by atoms with Crippen molar-refractivity contribution in [3.8, 4) is 0 Å². The Hall–Kier alpha value is -2.09. The molecule has 0 amide bonds. The number of hydrogen-bond donors (Lipinski definition) is 0. The van der Waals surface area contributed by atoms with Gasteiger partial charge in [-0.1, -0.05) is 23.3 Å². The Labute approximate surface area is 132 Å². The third-order valence-corrected chi connectivity index (χ3v) is 3.84. The monoisotopic (exact) mass is 296 g/mol. The van der Waals surface area contributed by atoms with Gasteiger partial charge in [0.1, 0.15) is 5.58 Å². The van der Waals surface area contributed by atoms with Crippen molar-refractivity contribution in [2.45, 2.75) is 47.0 Å². The summed E-state index contributed by atoms with van der Waals surface area (Å²) >= 11 is 0. The molecule has 1 aromatic heterocycles.